The standard InChI is InChI=1S/C15H15ClN2O2/c1-9-11(15(17)20)5-3-7-13(9)18-8-10-4-2-6-12(16)14(10)19/h2-7,18-19H,8H2,1H3,(H2,17,20). The van der Waals surface area contributed by atoms with Crippen molar-refractivity contribution in [2.24, 2.45) is 5.73 Å². The first-order valence-corrected chi connectivity index (χ1v) is 6.48. The number of hydrogen-bond donors (Lipinski definition) is 3. The Balaban J connectivity index is 2.21. The van der Waals surface area contributed by atoms with Crippen molar-refractivity contribution < 1.29 is 9.90 Å². The molecule has 104 valence electrons. The number of phenolic OH excluding ortho intramolecular Hbond substituents is 1. The van der Waals surface area contributed by atoms with Crippen molar-refractivity contribution in [3.05, 3.63) is 58.1 Å². The largest absolute Gasteiger partial charge is 0.506 e. The van der Waals surface area contributed by atoms with Gasteiger partial charge in [0.2, 0.25) is 5.91 Å². The van der Waals surface area contributed by atoms with Gasteiger partial charge >= 0.3 is 0 Å². The lowest BCUT2D eigenvalue weighted by atomic mass is 10.1. The van der Waals surface area contributed by atoms with Crippen LogP contribution >= 0.6 is 11.6 Å². The lowest BCUT2D eigenvalue weighted by molar-refractivity contribution is 0.1000. The Labute approximate surface area is 122 Å². The van der Waals surface area contributed by atoms with Gasteiger partial charge in [-0.25, -0.2) is 0 Å². The van der Waals surface area contributed by atoms with Gasteiger partial charge in [-0.3, -0.25) is 4.79 Å². The third-order valence-corrected chi connectivity index (χ3v) is 3.44. The Hall–Kier alpha value is -2.20. The van der Waals surface area contributed by atoms with Gasteiger partial charge in [0.15, 0.2) is 0 Å². The normalized spacial score (nSPS) is 10.3. The minimum atomic E-state index is -0.461. The molecule has 2 aromatic rings. The molecule has 0 aliphatic carbocycles. The second-order valence-corrected chi connectivity index (χ2v) is 4.85. The van der Waals surface area contributed by atoms with Crippen LogP contribution in [0.15, 0.2) is 36.4 Å². The summed E-state index contributed by atoms with van der Waals surface area (Å²) in [6, 6.07) is 10.5. The minimum Gasteiger partial charge on any atom is -0.506 e. The number of benzene rings is 2. The molecule has 2 aromatic carbocycles. The number of carbonyl (C=O) groups is 1. The Bertz CT molecular complexity index is 656. The molecule has 0 unspecified atom stereocenters. The van der Waals surface area contributed by atoms with Gasteiger partial charge in [0, 0.05) is 23.4 Å². The Morgan fingerprint density at radius 3 is 2.70 bits per heavy atom. The van der Waals surface area contributed by atoms with Gasteiger partial charge in [-0.15, -0.1) is 0 Å². The van der Waals surface area contributed by atoms with E-state index in [1.807, 2.05) is 13.0 Å². The molecular weight excluding hydrogens is 276 g/mol. The van der Waals surface area contributed by atoms with E-state index in [-0.39, 0.29) is 5.75 Å². The zero-order valence-corrected chi connectivity index (χ0v) is 11.7. The van der Waals surface area contributed by atoms with Crippen LogP contribution < -0.4 is 11.1 Å². The number of nitrogens with one attached hydrogen (secondary N) is 1. The third-order valence-electron chi connectivity index (χ3n) is 3.14. The van der Waals surface area contributed by atoms with E-state index in [0.717, 1.165) is 11.3 Å². The second kappa shape index (κ2) is 5.84. The molecule has 0 spiro atoms. The van der Waals surface area contributed by atoms with E-state index in [9.17, 15) is 9.90 Å². The molecule has 2 rings (SSSR count). The first kappa shape index (κ1) is 14.2. The van der Waals surface area contributed by atoms with Crippen LogP contribution in [0.5, 0.6) is 5.75 Å². The monoisotopic (exact) mass is 290 g/mol. The molecular formula is C15H15ClN2O2. The third kappa shape index (κ3) is 2.86. The number of anilines is 1. The highest BCUT2D eigenvalue weighted by molar-refractivity contribution is 6.32. The minimum absolute atomic E-state index is 0.0605. The van der Waals surface area contributed by atoms with E-state index in [1.54, 1.807) is 30.3 Å². The van der Waals surface area contributed by atoms with Crippen molar-refractivity contribution in [2.45, 2.75) is 13.5 Å². The Kier molecular flexibility index (Phi) is 4.15. The number of rotatable bonds is 4. The first-order valence-electron chi connectivity index (χ1n) is 6.10. The maximum absolute atomic E-state index is 11.3. The number of amides is 1. The summed E-state index contributed by atoms with van der Waals surface area (Å²) in [6.45, 7) is 2.22. The van der Waals surface area contributed by atoms with E-state index in [4.69, 9.17) is 17.3 Å². The highest BCUT2D eigenvalue weighted by atomic mass is 35.5. The van der Waals surface area contributed by atoms with Crippen molar-refractivity contribution in [3.63, 3.8) is 0 Å². The highest BCUT2D eigenvalue weighted by Gasteiger charge is 2.09. The van der Waals surface area contributed by atoms with Gasteiger partial charge in [0.05, 0.1) is 5.02 Å². The number of halogens is 1. The molecule has 5 heteroatoms. The fourth-order valence-electron chi connectivity index (χ4n) is 1.99. The summed E-state index contributed by atoms with van der Waals surface area (Å²) >= 11 is 5.85. The predicted molar refractivity (Wildman–Crippen MR) is 80.1 cm³/mol. The van der Waals surface area contributed by atoms with Gasteiger partial charge in [0.25, 0.3) is 0 Å². The molecule has 0 radical (unpaired) electrons. The molecule has 1 amide bonds. The van der Waals surface area contributed by atoms with Crippen LogP contribution in [-0.2, 0) is 6.54 Å². The number of phenols is 1. The van der Waals surface area contributed by atoms with Crippen LogP contribution in [0.1, 0.15) is 21.5 Å². The maximum atomic E-state index is 11.3. The number of hydrogen-bond acceptors (Lipinski definition) is 3. The number of primary amides is 1. The van der Waals surface area contributed by atoms with Gasteiger partial charge in [-0.2, -0.15) is 0 Å². The van der Waals surface area contributed by atoms with Gasteiger partial charge in [-0.05, 0) is 30.7 Å². The predicted octanol–water partition coefficient (Wildman–Crippen LogP) is 3.07. The molecule has 0 heterocycles. The first-order chi connectivity index (χ1) is 9.50. The average molecular weight is 291 g/mol. The fourth-order valence-corrected chi connectivity index (χ4v) is 2.18. The van der Waals surface area contributed by atoms with Crippen molar-refractivity contribution in [1.82, 2.24) is 0 Å². The SMILES string of the molecule is Cc1c(NCc2cccc(Cl)c2O)cccc1C(N)=O. The summed E-state index contributed by atoms with van der Waals surface area (Å²) in [5, 5.41) is 13.3. The van der Waals surface area contributed by atoms with Crippen molar-refractivity contribution >= 4 is 23.2 Å². The molecule has 0 aromatic heterocycles. The van der Waals surface area contributed by atoms with E-state index >= 15 is 0 Å². The molecule has 4 N–H and O–H groups in total. The zero-order valence-electron chi connectivity index (χ0n) is 11.0. The van der Waals surface area contributed by atoms with Crippen LogP contribution in [0.4, 0.5) is 5.69 Å². The second-order valence-electron chi connectivity index (χ2n) is 4.44. The van der Waals surface area contributed by atoms with E-state index < -0.39 is 5.91 Å². The molecule has 0 saturated heterocycles. The highest BCUT2D eigenvalue weighted by Crippen LogP contribution is 2.28. The lowest BCUT2D eigenvalue weighted by Crippen LogP contribution is -2.13. The van der Waals surface area contributed by atoms with Crippen LogP contribution in [0, 0.1) is 6.92 Å². The van der Waals surface area contributed by atoms with E-state index in [2.05, 4.69) is 5.32 Å². The van der Waals surface area contributed by atoms with Gasteiger partial charge in [0.1, 0.15) is 5.75 Å². The smallest absolute Gasteiger partial charge is 0.249 e. The molecule has 0 saturated carbocycles. The molecule has 20 heavy (non-hydrogen) atoms. The van der Waals surface area contributed by atoms with Crippen LogP contribution in [0.25, 0.3) is 0 Å². The van der Waals surface area contributed by atoms with Crippen LogP contribution in [0.3, 0.4) is 0 Å². The number of carbonyl (C=O) groups excluding carboxylic acids is 1. The van der Waals surface area contributed by atoms with Gasteiger partial charge in [-0.1, -0.05) is 29.8 Å². The average Bonchev–Trinajstić information content (AvgIpc) is 2.41. The lowest BCUT2D eigenvalue weighted by Gasteiger charge is -2.13. The molecule has 0 atom stereocenters. The molecule has 0 aliphatic rings. The van der Waals surface area contributed by atoms with E-state index in [1.165, 1.54) is 0 Å². The quantitative estimate of drug-likeness (QED) is 0.810. The maximum Gasteiger partial charge on any atom is 0.249 e. The number of nitrogens with two attached hydrogens (primary N) is 1. The Morgan fingerprint density at radius 1 is 1.30 bits per heavy atom. The van der Waals surface area contributed by atoms with Crippen molar-refractivity contribution in [3.8, 4) is 5.75 Å². The van der Waals surface area contributed by atoms with Gasteiger partial charge < -0.3 is 16.2 Å². The summed E-state index contributed by atoms with van der Waals surface area (Å²) in [5.74, 6) is -0.401. The molecule has 4 nitrogen and oxygen atoms in total. The van der Waals surface area contributed by atoms with Crippen LogP contribution in [0.2, 0.25) is 5.02 Å². The Morgan fingerprint density at radius 2 is 2.00 bits per heavy atom. The summed E-state index contributed by atoms with van der Waals surface area (Å²) < 4.78 is 0. The van der Waals surface area contributed by atoms with Crippen molar-refractivity contribution in [2.75, 3.05) is 5.32 Å². The van der Waals surface area contributed by atoms with E-state index in [0.29, 0.717) is 22.7 Å². The summed E-state index contributed by atoms with van der Waals surface area (Å²) in [6.07, 6.45) is 0. The number of para-hydroxylation sites is 1. The molecule has 0 bridgehead atoms. The fraction of sp³-hybridized carbons (Fsp3) is 0.133. The molecule has 0 fully saturated rings. The summed E-state index contributed by atoms with van der Waals surface area (Å²) in [7, 11) is 0. The van der Waals surface area contributed by atoms with Crippen LogP contribution in [-0.4, -0.2) is 11.0 Å². The summed E-state index contributed by atoms with van der Waals surface area (Å²) in [4.78, 5) is 11.3. The van der Waals surface area contributed by atoms with Crippen molar-refractivity contribution in [1.29, 1.82) is 0 Å². The molecule has 0 aliphatic heterocycles. The zero-order chi connectivity index (χ0) is 14.7. The topological polar surface area (TPSA) is 75.3 Å². The summed E-state index contributed by atoms with van der Waals surface area (Å²) in [5.41, 5.74) is 8.04. The number of aromatic hydroxyl groups is 1.